The molecule has 1 aliphatic carbocycles. The first-order valence-corrected chi connectivity index (χ1v) is 6.82. The summed E-state index contributed by atoms with van der Waals surface area (Å²) in [5.74, 6) is 0.420. The van der Waals surface area contributed by atoms with Gasteiger partial charge in [-0.25, -0.2) is 4.79 Å². The summed E-state index contributed by atoms with van der Waals surface area (Å²) < 4.78 is 11.0. The molecule has 0 aromatic carbocycles. The molecule has 0 aromatic heterocycles. The van der Waals surface area contributed by atoms with E-state index >= 15 is 0 Å². The molecule has 0 saturated heterocycles. The van der Waals surface area contributed by atoms with E-state index in [1.54, 1.807) is 0 Å². The molecule has 1 saturated carbocycles. The molecule has 1 fully saturated rings. The summed E-state index contributed by atoms with van der Waals surface area (Å²) in [7, 11) is 0. The predicted molar refractivity (Wildman–Crippen MR) is 71.2 cm³/mol. The first-order chi connectivity index (χ1) is 8.26. The van der Waals surface area contributed by atoms with Gasteiger partial charge in [0.1, 0.15) is 12.2 Å². The molecule has 0 atom stereocenters. The second-order valence-electron chi connectivity index (χ2n) is 6.44. The topological polar surface area (TPSA) is 61.5 Å². The smallest absolute Gasteiger partial charge is 0.332 e. The lowest BCUT2D eigenvalue weighted by Crippen LogP contribution is -2.45. The van der Waals surface area contributed by atoms with Crippen LogP contribution in [-0.2, 0) is 14.3 Å². The Kier molecular flexibility index (Phi) is 5.17. The highest BCUT2D eigenvalue weighted by Crippen LogP contribution is 2.34. The van der Waals surface area contributed by atoms with E-state index in [4.69, 9.17) is 15.2 Å². The predicted octanol–water partition coefficient (Wildman–Crippen LogP) is 2.25. The monoisotopic (exact) mass is 257 g/mol. The summed E-state index contributed by atoms with van der Waals surface area (Å²) in [6.07, 6.45) is 4.11. The minimum absolute atomic E-state index is 0.00283. The maximum absolute atomic E-state index is 11.6. The highest BCUT2D eigenvalue weighted by atomic mass is 16.6. The lowest BCUT2D eigenvalue weighted by molar-refractivity contribution is -0.169. The summed E-state index contributed by atoms with van der Waals surface area (Å²) in [5.41, 5.74) is 5.04. The van der Waals surface area contributed by atoms with Crippen molar-refractivity contribution in [2.45, 2.75) is 64.6 Å². The van der Waals surface area contributed by atoms with Crippen molar-refractivity contribution in [2.24, 2.45) is 11.7 Å². The van der Waals surface area contributed by atoms with E-state index in [-0.39, 0.29) is 18.2 Å². The standard InChI is InChI=1S/C14H27NO3/c1-11-5-7-14(10-15,8-6-11)17-9-12(16)18-13(2,3)4/h11H,5-10,15H2,1-4H3. The van der Waals surface area contributed by atoms with Crippen LogP contribution in [0.1, 0.15) is 53.4 Å². The summed E-state index contributed by atoms with van der Waals surface area (Å²) in [6.45, 7) is 8.28. The van der Waals surface area contributed by atoms with Crippen LogP contribution < -0.4 is 5.73 Å². The molecular weight excluding hydrogens is 230 g/mol. The first kappa shape index (κ1) is 15.4. The SMILES string of the molecule is CC1CCC(CN)(OCC(=O)OC(C)(C)C)CC1. The highest BCUT2D eigenvalue weighted by molar-refractivity contribution is 5.71. The molecule has 0 spiro atoms. The molecule has 0 amide bonds. The number of rotatable bonds is 4. The average molecular weight is 257 g/mol. The maximum atomic E-state index is 11.6. The number of ether oxygens (including phenoxy) is 2. The number of hydrogen-bond donors (Lipinski definition) is 1. The molecule has 1 aliphatic rings. The van der Waals surface area contributed by atoms with Crippen molar-refractivity contribution in [3.05, 3.63) is 0 Å². The van der Waals surface area contributed by atoms with Gasteiger partial charge < -0.3 is 15.2 Å². The van der Waals surface area contributed by atoms with Crippen LogP contribution in [0.25, 0.3) is 0 Å². The molecule has 4 nitrogen and oxygen atoms in total. The van der Waals surface area contributed by atoms with Crippen molar-refractivity contribution >= 4 is 5.97 Å². The largest absolute Gasteiger partial charge is 0.458 e. The zero-order valence-corrected chi connectivity index (χ0v) is 12.1. The van der Waals surface area contributed by atoms with Crippen LogP contribution in [0.3, 0.4) is 0 Å². The second-order valence-corrected chi connectivity index (χ2v) is 6.44. The zero-order valence-electron chi connectivity index (χ0n) is 12.1. The molecule has 2 N–H and O–H groups in total. The van der Waals surface area contributed by atoms with Gasteiger partial charge in [0.15, 0.2) is 0 Å². The Hall–Kier alpha value is -0.610. The van der Waals surface area contributed by atoms with Crippen molar-refractivity contribution in [2.75, 3.05) is 13.2 Å². The Labute approximate surface area is 110 Å². The second kappa shape index (κ2) is 6.02. The van der Waals surface area contributed by atoms with Gasteiger partial charge in [0.2, 0.25) is 0 Å². The Morgan fingerprint density at radius 3 is 2.33 bits per heavy atom. The van der Waals surface area contributed by atoms with Gasteiger partial charge in [-0.15, -0.1) is 0 Å². The van der Waals surface area contributed by atoms with E-state index in [1.165, 1.54) is 0 Å². The molecule has 18 heavy (non-hydrogen) atoms. The van der Waals surface area contributed by atoms with Gasteiger partial charge in [0.25, 0.3) is 0 Å². The fraction of sp³-hybridized carbons (Fsp3) is 0.929. The summed E-state index contributed by atoms with van der Waals surface area (Å²) in [4.78, 5) is 11.6. The van der Waals surface area contributed by atoms with Gasteiger partial charge in [-0.1, -0.05) is 6.92 Å². The molecule has 0 aromatic rings. The van der Waals surface area contributed by atoms with Crippen LogP contribution in [0, 0.1) is 5.92 Å². The maximum Gasteiger partial charge on any atom is 0.332 e. The summed E-state index contributed by atoms with van der Waals surface area (Å²) >= 11 is 0. The molecule has 106 valence electrons. The Balaban J connectivity index is 2.42. The summed E-state index contributed by atoms with van der Waals surface area (Å²) in [6, 6.07) is 0. The third kappa shape index (κ3) is 4.94. The molecule has 1 rings (SSSR count). The number of carbonyl (C=O) groups is 1. The van der Waals surface area contributed by atoms with Gasteiger partial charge in [0.05, 0.1) is 5.60 Å². The fourth-order valence-electron chi connectivity index (χ4n) is 2.28. The first-order valence-electron chi connectivity index (χ1n) is 6.82. The van der Waals surface area contributed by atoms with E-state index in [2.05, 4.69) is 6.92 Å². The molecule has 0 unspecified atom stereocenters. The van der Waals surface area contributed by atoms with E-state index in [9.17, 15) is 4.79 Å². The van der Waals surface area contributed by atoms with Crippen LogP contribution in [0.5, 0.6) is 0 Å². The lowest BCUT2D eigenvalue weighted by Gasteiger charge is -2.38. The van der Waals surface area contributed by atoms with Crippen LogP contribution in [0.2, 0.25) is 0 Å². The van der Waals surface area contributed by atoms with E-state index < -0.39 is 5.60 Å². The zero-order chi connectivity index (χ0) is 13.8. The normalized spacial score (nSPS) is 29.1. The molecule has 4 heteroatoms. The molecule has 0 aliphatic heterocycles. The fourth-order valence-corrected chi connectivity index (χ4v) is 2.28. The van der Waals surface area contributed by atoms with Crippen molar-refractivity contribution in [3.8, 4) is 0 Å². The van der Waals surface area contributed by atoms with E-state index in [0.29, 0.717) is 6.54 Å². The van der Waals surface area contributed by atoms with Gasteiger partial charge >= 0.3 is 5.97 Å². The average Bonchev–Trinajstić information content (AvgIpc) is 2.27. The van der Waals surface area contributed by atoms with Crippen molar-refractivity contribution < 1.29 is 14.3 Å². The van der Waals surface area contributed by atoms with Gasteiger partial charge in [-0.3, -0.25) is 0 Å². The highest BCUT2D eigenvalue weighted by Gasteiger charge is 2.34. The minimum atomic E-state index is -0.461. The number of carbonyl (C=O) groups excluding carboxylic acids is 1. The van der Waals surface area contributed by atoms with Crippen molar-refractivity contribution in [1.82, 2.24) is 0 Å². The van der Waals surface area contributed by atoms with Crippen molar-refractivity contribution in [3.63, 3.8) is 0 Å². The Morgan fingerprint density at radius 2 is 1.89 bits per heavy atom. The van der Waals surface area contributed by atoms with Crippen LogP contribution in [0.15, 0.2) is 0 Å². The van der Waals surface area contributed by atoms with Crippen LogP contribution >= 0.6 is 0 Å². The van der Waals surface area contributed by atoms with Gasteiger partial charge in [0, 0.05) is 6.54 Å². The Bertz CT molecular complexity index is 275. The minimum Gasteiger partial charge on any atom is -0.458 e. The summed E-state index contributed by atoms with van der Waals surface area (Å²) in [5, 5.41) is 0. The number of esters is 1. The van der Waals surface area contributed by atoms with Crippen LogP contribution in [-0.4, -0.2) is 30.3 Å². The number of hydrogen-bond acceptors (Lipinski definition) is 4. The van der Waals surface area contributed by atoms with Crippen LogP contribution in [0.4, 0.5) is 0 Å². The number of nitrogens with two attached hydrogens (primary N) is 1. The third-order valence-corrected chi connectivity index (χ3v) is 3.47. The van der Waals surface area contributed by atoms with E-state index in [1.807, 2.05) is 20.8 Å². The van der Waals surface area contributed by atoms with E-state index in [0.717, 1.165) is 31.6 Å². The third-order valence-electron chi connectivity index (χ3n) is 3.47. The van der Waals surface area contributed by atoms with Crippen molar-refractivity contribution in [1.29, 1.82) is 0 Å². The van der Waals surface area contributed by atoms with Gasteiger partial charge in [-0.05, 0) is 52.4 Å². The van der Waals surface area contributed by atoms with Gasteiger partial charge in [-0.2, -0.15) is 0 Å². The Morgan fingerprint density at radius 1 is 1.33 bits per heavy atom. The quantitative estimate of drug-likeness (QED) is 0.785. The lowest BCUT2D eigenvalue weighted by atomic mass is 9.79. The molecule has 0 heterocycles. The molecule has 0 bridgehead atoms. The molecular formula is C14H27NO3. The molecule has 0 radical (unpaired) electrons.